The molecule has 0 unspecified atom stereocenters. The van der Waals surface area contributed by atoms with Crippen molar-refractivity contribution in [3.8, 4) is 0 Å². The number of sulfonamides is 1. The second kappa shape index (κ2) is 8.04. The average Bonchev–Trinajstić information content (AvgIpc) is 2.52. The molecule has 0 radical (unpaired) electrons. The Morgan fingerprint density at radius 2 is 1.96 bits per heavy atom. The van der Waals surface area contributed by atoms with Crippen molar-refractivity contribution in [3.63, 3.8) is 0 Å². The van der Waals surface area contributed by atoms with Gasteiger partial charge in [-0.3, -0.25) is 4.98 Å². The molecule has 0 saturated heterocycles. The van der Waals surface area contributed by atoms with Gasteiger partial charge in [0.1, 0.15) is 0 Å². The molecule has 0 bridgehead atoms. The zero-order chi connectivity index (χ0) is 16.9. The summed E-state index contributed by atoms with van der Waals surface area (Å²) in [6.45, 7) is 4.84. The summed E-state index contributed by atoms with van der Waals surface area (Å²) in [7, 11) is -3.52. The Bertz CT molecular complexity index is 748. The second-order valence-electron chi connectivity index (χ2n) is 5.41. The van der Waals surface area contributed by atoms with Gasteiger partial charge in [-0.1, -0.05) is 19.1 Å². The third kappa shape index (κ3) is 4.62. The average molecular weight is 397 g/mol. The number of rotatable bonds is 7. The van der Waals surface area contributed by atoms with Crippen molar-refractivity contribution in [2.75, 3.05) is 13.1 Å². The Balaban J connectivity index is 2.24. The fraction of sp³-hybridized carbons (Fsp3) is 0.353. The molecule has 0 aliphatic rings. The van der Waals surface area contributed by atoms with Crippen LogP contribution in [0.2, 0.25) is 0 Å². The first-order chi connectivity index (χ1) is 10.9. The van der Waals surface area contributed by atoms with E-state index in [4.69, 9.17) is 0 Å². The minimum Gasteiger partial charge on any atom is -0.261 e. The van der Waals surface area contributed by atoms with Gasteiger partial charge in [-0.15, -0.1) is 0 Å². The number of hydrogen-bond donors (Lipinski definition) is 0. The van der Waals surface area contributed by atoms with Gasteiger partial charge in [-0.2, -0.15) is 4.31 Å². The summed E-state index contributed by atoms with van der Waals surface area (Å²) in [5, 5.41) is 0. The van der Waals surface area contributed by atoms with E-state index in [1.807, 2.05) is 44.2 Å². The molecule has 4 nitrogen and oxygen atoms in total. The van der Waals surface area contributed by atoms with Crippen molar-refractivity contribution in [2.24, 2.45) is 0 Å². The van der Waals surface area contributed by atoms with Crippen molar-refractivity contribution in [3.05, 3.63) is 58.3 Å². The zero-order valence-corrected chi connectivity index (χ0v) is 15.8. The molecule has 0 aliphatic carbocycles. The van der Waals surface area contributed by atoms with Gasteiger partial charge in [-0.05, 0) is 59.1 Å². The Morgan fingerprint density at radius 1 is 1.17 bits per heavy atom. The van der Waals surface area contributed by atoms with Crippen molar-refractivity contribution in [1.29, 1.82) is 0 Å². The van der Waals surface area contributed by atoms with Crippen LogP contribution >= 0.6 is 15.9 Å². The lowest BCUT2D eigenvalue weighted by atomic mass is 10.2. The van der Waals surface area contributed by atoms with E-state index in [2.05, 4.69) is 20.9 Å². The molecule has 23 heavy (non-hydrogen) atoms. The van der Waals surface area contributed by atoms with Gasteiger partial charge in [0.15, 0.2) is 0 Å². The van der Waals surface area contributed by atoms with Crippen molar-refractivity contribution < 1.29 is 8.42 Å². The Labute approximate surface area is 146 Å². The molecular formula is C17H21BrN2O2S. The highest BCUT2D eigenvalue weighted by Crippen LogP contribution is 2.26. The quantitative estimate of drug-likeness (QED) is 0.714. The van der Waals surface area contributed by atoms with E-state index in [-0.39, 0.29) is 0 Å². The van der Waals surface area contributed by atoms with E-state index in [9.17, 15) is 8.42 Å². The first-order valence-corrected chi connectivity index (χ1v) is 9.84. The maximum absolute atomic E-state index is 13.0. The summed E-state index contributed by atoms with van der Waals surface area (Å²) in [4.78, 5) is 4.58. The molecular weight excluding hydrogens is 376 g/mol. The first kappa shape index (κ1) is 18.1. The molecule has 1 aromatic heterocycles. The van der Waals surface area contributed by atoms with Crippen molar-refractivity contribution in [1.82, 2.24) is 9.29 Å². The molecule has 0 saturated carbocycles. The number of benzene rings is 1. The number of aromatic nitrogens is 1. The standard InChI is InChI=1S/C17H21BrN2O2S/c1-3-11-20(12-9-15-6-4-5-10-19-15)23(21,22)17-8-7-14(2)13-16(17)18/h4-8,10,13H,3,9,11-12H2,1-2H3. The van der Waals surface area contributed by atoms with E-state index in [0.717, 1.165) is 17.7 Å². The van der Waals surface area contributed by atoms with E-state index in [1.54, 1.807) is 12.3 Å². The lowest BCUT2D eigenvalue weighted by Crippen LogP contribution is -2.34. The second-order valence-corrected chi connectivity index (χ2v) is 8.17. The highest BCUT2D eigenvalue weighted by atomic mass is 79.9. The van der Waals surface area contributed by atoms with Crippen LogP contribution in [0.15, 0.2) is 52.0 Å². The predicted octanol–water partition coefficient (Wildman–Crippen LogP) is 3.80. The third-order valence-corrected chi connectivity index (χ3v) is 6.40. The molecule has 124 valence electrons. The number of hydrogen-bond acceptors (Lipinski definition) is 3. The molecule has 1 aromatic carbocycles. The van der Waals surface area contributed by atoms with Crippen LogP contribution < -0.4 is 0 Å². The predicted molar refractivity (Wildman–Crippen MR) is 95.9 cm³/mol. The molecule has 6 heteroatoms. The van der Waals surface area contributed by atoms with Crippen LogP contribution in [0, 0.1) is 6.92 Å². The van der Waals surface area contributed by atoms with Gasteiger partial charge in [0.05, 0.1) is 4.90 Å². The molecule has 1 heterocycles. The molecule has 0 N–H and O–H groups in total. The molecule has 0 amide bonds. The lowest BCUT2D eigenvalue weighted by molar-refractivity contribution is 0.412. The normalized spacial score (nSPS) is 11.8. The molecule has 2 aromatic rings. The van der Waals surface area contributed by atoms with Crippen LogP contribution in [-0.4, -0.2) is 30.8 Å². The van der Waals surface area contributed by atoms with E-state index < -0.39 is 10.0 Å². The van der Waals surface area contributed by atoms with Gasteiger partial charge < -0.3 is 0 Å². The minimum atomic E-state index is -3.52. The summed E-state index contributed by atoms with van der Waals surface area (Å²) >= 11 is 3.38. The van der Waals surface area contributed by atoms with Crippen LogP contribution in [0.5, 0.6) is 0 Å². The topological polar surface area (TPSA) is 50.3 Å². The Morgan fingerprint density at radius 3 is 2.57 bits per heavy atom. The highest BCUT2D eigenvalue weighted by molar-refractivity contribution is 9.10. The lowest BCUT2D eigenvalue weighted by Gasteiger charge is -2.22. The summed E-state index contributed by atoms with van der Waals surface area (Å²) < 4.78 is 28.0. The van der Waals surface area contributed by atoms with E-state index >= 15 is 0 Å². The molecule has 2 rings (SSSR count). The third-order valence-electron chi connectivity index (χ3n) is 3.52. The fourth-order valence-corrected chi connectivity index (χ4v) is 5.03. The van der Waals surface area contributed by atoms with Crippen molar-refractivity contribution in [2.45, 2.75) is 31.6 Å². The number of nitrogens with zero attached hydrogens (tertiary/aromatic N) is 2. The minimum absolute atomic E-state index is 0.317. The van der Waals surface area contributed by atoms with Crippen molar-refractivity contribution >= 4 is 26.0 Å². The number of aryl methyl sites for hydroxylation is 1. The Hall–Kier alpha value is -1.24. The summed E-state index contributed by atoms with van der Waals surface area (Å²) in [5.41, 5.74) is 1.91. The Kier molecular flexibility index (Phi) is 6.33. The van der Waals surface area contributed by atoms with Gasteiger partial charge in [0.25, 0.3) is 0 Å². The first-order valence-electron chi connectivity index (χ1n) is 7.61. The molecule has 0 fully saturated rings. The van der Waals surface area contributed by atoms with Crippen LogP contribution in [0.1, 0.15) is 24.6 Å². The monoisotopic (exact) mass is 396 g/mol. The smallest absolute Gasteiger partial charge is 0.244 e. The van der Waals surface area contributed by atoms with Crippen LogP contribution in [-0.2, 0) is 16.4 Å². The van der Waals surface area contributed by atoms with Gasteiger partial charge >= 0.3 is 0 Å². The van der Waals surface area contributed by atoms with E-state index in [0.29, 0.717) is 28.9 Å². The molecule has 0 atom stereocenters. The van der Waals surface area contributed by atoms with E-state index in [1.165, 1.54) is 4.31 Å². The molecule has 0 aliphatic heterocycles. The van der Waals surface area contributed by atoms with Gasteiger partial charge in [0, 0.05) is 35.9 Å². The SMILES string of the molecule is CCCN(CCc1ccccn1)S(=O)(=O)c1ccc(C)cc1Br. The zero-order valence-electron chi connectivity index (χ0n) is 13.4. The maximum Gasteiger partial charge on any atom is 0.244 e. The maximum atomic E-state index is 13.0. The fourth-order valence-electron chi connectivity index (χ4n) is 2.34. The highest BCUT2D eigenvalue weighted by Gasteiger charge is 2.25. The van der Waals surface area contributed by atoms with Gasteiger partial charge in [0.2, 0.25) is 10.0 Å². The largest absolute Gasteiger partial charge is 0.261 e. The summed E-state index contributed by atoms with van der Waals surface area (Å²) in [6, 6.07) is 11.0. The number of halogens is 1. The van der Waals surface area contributed by atoms with Crippen LogP contribution in [0.25, 0.3) is 0 Å². The number of pyridine rings is 1. The summed E-state index contributed by atoms with van der Waals surface area (Å²) in [6.07, 6.45) is 3.10. The summed E-state index contributed by atoms with van der Waals surface area (Å²) in [5.74, 6) is 0. The van der Waals surface area contributed by atoms with Gasteiger partial charge in [-0.25, -0.2) is 8.42 Å². The van der Waals surface area contributed by atoms with Crippen LogP contribution in [0.3, 0.4) is 0 Å². The van der Waals surface area contributed by atoms with Crippen LogP contribution in [0.4, 0.5) is 0 Å². The molecule has 0 spiro atoms.